The van der Waals surface area contributed by atoms with Gasteiger partial charge in [-0.1, -0.05) is 23.9 Å². The number of thiophene rings is 1. The molecule has 2 N–H and O–H groups in total. The Morgan fingerprint density at radius 2 is 2.17 bits per heavy atom. The molecule has 5 nitrogen and oxygen atoms in total. The molecule has 0 saturated carbocycles. The number of amides is 1. The third kappa shape index (κ3) is 3.62. The van der Waals surface area contributed by atoms with E-state index in [0.717, 1.165) is 16.8 Å². The fourth-order valence-electron chi connectivity index (χ4n) is 2.10. The maximum absolute atomic E-state index is 12.1. The predicted molar refractivity (Wildman–Crippen MR) is 95.5 cm³/mol. The third-order valence-corrected chi connectivity index (χ3v) is 5.00. The average Bonchev–Trinajstić information content (AvgIpc) is 2.98. The highest BCUT2D eigenvalue weighted by molar-refractivity contribution is 7.99. The molecule has 2 heterocycles. The fraction of sp³-hybridized carbons (Fsp3) is 0.188. The minimum Gasteiger partial charge on any atom is -0.325 e. The summed E-state index contributed by atoms with van der Waals surface area (Å²) in [6, 6.07) is 7.66. The number of hydrogen-bond acceptors (Lipinski definition) is 5. The molecule has 0 aliphatic carbocycles. The zero-order valence-corrected chi connectivity index (χ0v) is 14.3. The number of thioether (sulfide) groups is 1. The van der Waals surface area contributed by atoms with E-state index in [4.69, 9.17) is 0 Å². The van der Waals surface area contributed by atoms with E-state index in [2.05, 4.69) is 15.3 Å². The van der Waals surface area contributed by atoms with Crippen LogP contribution in [0.15, 0.2) is 39.6 Å². The molecular weight excluding hydrogens is 330 g/mol. The number of carbonyl (C=O) groups excluding carboxylic acids is 1. The number of nitrogens with zero attached hydrogens (tertiary/aromatic N) is 1. The number of nitrogens with one attached hydrogen (secondary N) is 2. The Morgan fingerprint density at radius 3 is 3.00 bits per heavy atom. The van der Waals surface area contributed by atoms with E-state index < -0.39 is 0 Å². The van der Waals surface area contributed by atoms with E-state index in [9.17, 15) is 9.59 Å². The molecule has 0 aliphatic rings. The van der Waals surface area contributed by atoms with Gasteiger partial charge in [0, 0.05) is 5.69 Å². The van der Waals surface area contributed by atoms with Crippen molar-refractivity contribution >= 4 is 44.9 Å². The summed E-state index contributed by atoms with van der Waals surface area (Å²) in [6.07, 6.45) is 0. The van der Waals surface area contributed by atoms with Crippen LogP contribution in [0.25, 0.3) is 10.2 Å². The summed E-state index contributed by atoms with van der Waals surface area (Å²) in [7, 11) is 0. The molecule has 3 rings (SSSR count). The highest BCUT2D eigenvalue weighted by Crippen LogP contribution is 2.20. The molecule has 0 saturated heterocycles. The summed E-state index contributed by atoms with van der Waals surface area (Å²) in [4.78, 5) is 31.7. The Balaban J connectivity index is 1.68. The van der Waals surface area contributed by atoms with Crippen molar-refractivity contribution in [1.82, 2.24) is 9.97 Å². The van der Waals surface area contributed by atoms with E-state index >= 15 is 0 Å². The molecule has 118 valence electrons. The number of hydrogen-bond donors (Lipinski definition) is 2. The Bertz CT molecular complexity index is 930. The number of benzene rings is 1. The van der Waals surface area contributed by atoms with Crippen LogP contribution in [-0.2, 0) is 4.79 Å². The molecule has 0 fully saturated rings. The SMILES string of the molecule is Cc1ccc(C)c(NC(=O)CSc2nc3sccc3c(=O)[nH]2)c1. The van der Waals surface area contributed by atoms with Crippen LogP contribution in [-0.4, -0.2) is 21.6 Å². The first-order valence-corrected chi connectivity index (χ1v) is 8.87. The maximum Gasteiger partial charge on any atom is 0.260 e. The van der Waals surface area contributed by atoms with Crippen molar-refractivity contribution in [1.29, 1.82) is 0 Å². The number of fused-ring (bicyclic) bond motifs is 1. The summed E-state index contributed by atoms with van der Waals surface area (Å²) < 4.78 is 0. The summed E-state index contributed by atoms with van der Waals surface area (Å²) in [5.74, 6) is 0.0605. The van der Waals surface area contributed by atoms with Gasteiger partial charge in [-0.2, -0.15) is 0 Å². The minimum absolute atomic E-state index is 0.127. The molecule has 23 heavy (non-hydrogen) atoms. The topological polar surface area (TPSA) is 74.8 Å². The third-order valence-electron chi connectivity index (χ3n) is 3.32. The summed E-state index contributed by atoms with van der Waals surface area (Å²) in [5.41, 5.74) is 2.74. The fourth-order valence-corrected chi connectivity index (χ4v) is 3.59. The van der Waals surface area contributed by atoms with Crippen LogP contribution in [0.5, 0.6) is 0 Å². The number of aryl methyl sites for hydroxylation is 2. The van der Waals surface area contributed by atoms with E-state index in [0.29, 0.717) is 15.4 Å². The van der Waals surface area contributed by atoms with E-state index in [1.54, 1.807) is 6.07 Å². The second-order valence-electron chi connectivity index (χ2n) is 5.17. The highest BCUT2D eigenvalue weighted by atomic mass is 32.2. The highest BCUT2D eigenvalue weighted by Gasteiger charge is 2.09. The molecule has 1 aromatic carbocycles. The van der Waals surface area contributed by atoms with Gasteiger partial charge in [0.05, 0.1) is 11.1 Å². The zero-order chi connectivity index (χ0) is 16.4. The lowest BCUT2D eigenvalue weighted by molar-refractivity contribution is -0.113. The van der Waals surface area contributed by atoms with Gasteiger partial charge in [0.1, 0.15) is 4.83 Å². The number of anilines is 1. The number of aromatic nitrogens is 2. The summed E-state index contributed by atoms with van der Waals surface area (Å²) in [5, 5.41) is 5.76. The summed E-state index contributed by atoms with van der Waals surface area (Å²) in [6.45, 7) is 3.93. The van der Waals surface area contributed by atoms with Crippen LogP contribution in [0, 0.1) is 13.8 Å². The standard InChI is InChI=1S/C16H15N3O2S2/c1-9-3-4-10(2)12(7-9)17-13(20)8-23-16-18-14(21)11-5-6-22-15(11)19-16/h3-7H,8H2,1-2H3,(H,17,20)(H,18,19,21). The Morgan fingerprint density at radius 1 is 1.35 bits per heavy atom. The van der Waals surface area contributed by atoms with Crippen LogP contribution in [0.1, 0.15) is 11.1 Å². The molecule has 0 bridgehead atoms. The smallest absolute Gasteiger partial charge is 0.260 e. The van der Waals surface area contributed by atoms with E-state index in [-0.39, 0.29) is 17.2 Å². The Labute approximate surface area is 141 Å². The molecular formula is C16H15N3O2S2. The average molecular weight is 345 g/mol. The van der Waals surface area contributed by atoms with Gasteiger partial charge in [0.15, 0.2) is 5.16 Å². The van der Waals surface area contributed by atoms with Gasteiger partial charge in [-0.15, -0.1) is 11.3 Å². The monoisotopic (exact) mass is 345 g/mol. The first kappa shape index (κ1) is 15.8. The second kappa shape index (κ2) is 6.55. The van der Waals surface area contributed by atoms with Crippen molar-refractivity contribution in [2.45, 2.75) is 19.0 Å². The minimum atomic E-state index is -0.173. The second-order valence-corrected chi connectivity index (χ2v) is 7.02. The van der Waals surface area contributed by atoms with Gasteiger partial charge < -0.3 is 10.3 Å². The van der Waals surface area contributed by atoms with Gasteiger partial charge in [0.25, 0.3) is 5.56 Å². The van der Waals surface area contributed by atoms with E-state index in [1.807, 2.05) is 37.4 Å². The van der Waals surface area contributed by atoms with Crippen molar-refractivity contribution in [3.8, 4) is 0 Å². The Hall–Kier alpha value is -2.12. The van der Waals surface area contributed by atoms with Gasteiger partial charge in [-0.3, -0.25) is 9.59 Å². The van der Waals surface area contributed by atoms with Crippen LogP contribution in [0.3, 0.4) is 0 Å². The largest absolute Gasteiger partial charge is 0.325 e. The van der Waals surface area contributed by atoms with Gasteiger partial charge in [-0.25, -0.2) is 4.98 Å². The number of H-pyrrole nitrogens is 1. The van der Waals surface area contributed by atoms with Crippen molar-refractivity contribution < 1.29 is 4.79 Å². The van der Waals surface area contributed by atoms with Crippen LogP contribution in [0.2, 0.25) is 0 Å². The lowest BCUT2D eigenvalue weighted by Crippen LogP contribution is -2.16. The lowest BCUT2D eigenvalue weighted by atomic mass is 10.1. The molecule has 3 aromatic rings. The van der Waals surface area contributed by atoms with Crippen molar-refractivity contribution in [2.24, 2.45) is 0 Å². The van der Waals surface area contributed by atoms with Crippen molar-refractivity contribution in [3.63, 3.8) is 0 Å². The van der Waals surface area contributed by atoms with Gasteiger partial charge in [-0.05, 0) is 42.5 Å². The first-order chi connectivity index (χ1) is 11.0. The van der Waals surface area contributed by atoms with Crippen LogP contribution >= 0.6 is 23.1 Å². The molecule has 0 unspecified atom stereocenters. The maximum atomic E-state index is 12.1. The zero-order valence-electron chi connectivity index (χ0n) is 12.7. The van der Waals surface area contributed by atoms with Crippen LogP contribution in [0.4, 0.5) is 5.69 Å². The quantitative estimate of drug-likeness (QED) is 0.562. The molecule has 2 aromatic heterocycles. The summed E-state index contributed by atoms with van der Waals surface area (Å²) >= 11 is 2.63. The van der Waals surface area contributed by atoms with Crippen LogP contribution < -0.4 is 10.9 Å². The predicted octanol–water partition coefficient (Wildman–Crippen LogP) is 3.33. The van der Waals surface area contributed by atoms with E-state index in [1.165, 1.54) is 23.1 Å². The van der Waals surface area contributed by atoms with Crippen molar-refractivity contribution in [3.05, 3.63) is 51.1 Å². The number of carbonyl (C=O) groups is 1. The molecule has 0 aliphatic heterocycles. The molecule has 0 atom stereocenters. The normalized spacial score (nSPS) is 10.9. The Kier molecular flexibility index (Phi) is 4.49. The van der Waals surface area contributed by atoms with Crippen molar-refractivity contribution in [2.75, 3.05) is 11.1 Å². The molecule has 1 amide bonds. The first-order valence-electron chi connectivity index (χ1n) is 7.00. The van der Waals surface area contributed by atoms with Gasteiger partial charge in [0.2, 0.25) is 5.91 Å². The molecule has 0 radical (unpaired) electrons. The number of aromatic amines is 1. The van der Waals surface area contributed by atoms with Gasteiger partial charge >= 0.3 is 0 Å². The number of rotatable bonds is 4. The molecule has 7 heteroatoms. The molecule has 0 spiro atoms. The lowest BCUT2D eigenvalue weighted by Gasteiger charge is -2.09.